The zero-order valence-electron chi connectivity index (χ0n) is 14.9. The number of anilines is 1. The van der Waals surface area contributed by atoms with Crippen LogP contribution < -0.4 is 20.3 Å². The number of hydrogen-bond donors (Lipinski definition) is 2. The molecule has 1 aromatic heterocycles. The molecule has 0 radical (unpaired) electrons. The highest BCUT2D eigenvalue weighted by Crippen LogP contribution is 2.33. The molecular weight excluding hydrogens is 467 g/mol. The first-order chi connectivity index (χ1) is 12.2. The number of furan rings is 1. The largest absolute Gasteiger partial charge is 0.495 e. The van der Waals surface area contributed by atoms with Crippen molar-refractivity contribution in [2.45, 2.75) is 19.0 Å². The van der Waals surface area contributed by atoms with Crippen molar-refractivity contribution < 1.29 is 9.15 Å². The summed E-state index contributed by atoms with van der Waals surface area (Å²) in [6.45, 7) is 2.40. The number of aliphatic imine (C=N–C) groups is 1. The topological polar surface area (TPSA) is 62.0 Å². The number of hydrogen-bond acceptors (Lipinski definition) is 4. The van der Waals surface area contributed by atoms with Crippen molar-refractivity contribution in [3.8, 4) is 5.75 Å². The summed E-state index contributed by atoms with van der Waals surface area (Å²) in [6.07, 6.45) is 2.68. The summed E-state index contributed by atoms with van der Waals surface area (Å²) in [4.78, 5) is 6.56. The molecule has 1 aliphatic rings. The number of rotatable bonds is 5. The molecular formula is C18H24ClIN4O2. The van der Waals surface area contributed by atoms with Crippen LogP contribution in [0.2, 0.25) is 5.02 Å². The van der Waals surface area contributed by atoms with E-state index in [9.17, 15) is 0 Å². The first-order valence-corrected chi connectivity index (χ1v) is 8.65. The van der Waals surface area contributed by atoms with Crippen LogP contribution in [0.3, 0.4) is 0 Å². The van der Waals surface area contributed by atoms with Gasteiger partial charge in [0, 0.05) is 31.2 Å². The van der Waals surface area contributed by atoms with E-state index in [4.69, 9.17) is 20.8 Å². The van der Waals surface area contributed by atoms with Gasteiger partial charge in [-0.2, -0.15) is 0 Å². The fraction of sp³-hybridized carbons (Fsp3) is 0.389. The fourth-order valence-corrected chi connectivity index (χ4v) is 3.15. The molecule has 0 amide bonds. The summed E-state index contributed by atoms with van der Waals surface area (Å²) in [6, 6.07) is 9.81. The normalized spacial score (nSPS) is 17.0. The zero-order chi connectivity index (χ0) is 17.6. The molecule has 1 atom stereocenters. The number of guanidine groups is 1. The Bertz CT molecular complexity index is 724. The molecule has 3 rings (SSSR count). The predicted octanol–water partition coefficient (Wildman–Crippen LogP) is 3.50. The standard InChI is InChI=1S/C18H23ClN4O2.HI/c1-20-18(21-11-15-4-3-9-25-15)22-14-7-8-23(12-14)16-10-13(19)5-6-17(16)24-2;/h3-6,9-10,14H,7-8,11-12H2,1-2H3,(H2,20,21,22);1H. The molecule has 0 bridgehead atoms. The Balaban J connectivity index is 0.00000243. The van der Waals surface area contributed by atoms with E-state index in [-0.39, 0.29) is 24.0 Å². The lowest BCUT2D eigenvalue weighted by atomic mass is 10.2. The van der Waals surface area contributed by atoms with Gasteiger partial charge < -0.3 is 24.7 Å². The molecule has 1 saturated heterocycles. The first kappa shape index (κ1) is 20.7. The van der Waals surface area contributed by atoms with E-state index in [2.05, 4.69) is 20.5 Å². The smallest absolute Gasteiger partial charge is 0.191 e. The minimum absolute atomic E-state index is 0. The average molecular weight is 491 g/mol. The number of halogens is 2. The van der Waals surface area contributed by atoms with E-state index >= 15 is 0 Å². The summed E-state index contributed by atoms with van der Waals surface area (Å²) in [5, 5.41) is 7.44. The second-order valence-corrected chi connectivity index (χ2v) is 6.33. The molecule has 0 spiro atoms. The summed E-state index contributed by atoms with van der Waals surface area (Å²) < 4.78 is 10.8. The van der Waals surface area contributed by atoms with Gasteiger partial charge in [0.25, 0.3) is 0 Å². The van der Waals surface area contributed by atoms with Crippen LogP contribution in [-0.4, -0.2) is 39.2 Å². The maximum atomic E-state index is 6.15. The number of nitrogens with one attached hydrogen (secondary N) is 2. The molecule has 1 aliphatic heterocycles. The lowest BCUT2D eigenvalue weighted by Gasteiger charge is -2.22. The Kier molecular flexibility index (Phi) is 7.89. The third-order valence-electron chi connectivity index (χ3n) is 4.24. The van der Waals surface area contributed by atoms with Crippen LogP contribution in [0, 0.1) is 0 Å². The SMILES string of the molecule is CN=C(NCc1ccco1)NC1CCN(c2cc(Cl)ccc2OC)C1.I. The Hall–Kier alpha value is -1.61. The maximum absolute atomic E-state index is 6.15. The molecule has 0 aliphatic carbocycles. The number of nitrogens with zero attached hydrogens (tertiary/aromatic N) is 2. The van der Waals surface area contributed by atoms with Crippen molar-refractivity contribution in [2.24, 2.45) is 4.99 Å². The molecule has 2 heterocycles. The molecule has 2 aromatic rings. The van der Waals surface area contributed by atoms with Crippen molar-refractivity contribution in [2.75, 3.05) is 32.1 Å². The van der Waals surface area contributed by atoms with Gasteiger partial charge in [-0.25, -0.2) is 0 Å². The summed E-state index contributed by atoms with van der Waals surface area (Å²) in [7, 11) is 3.45. The van der Waals surface area contributed by atoms with Gasteiger partial charge in [-0.15, -0.1) is 24.0 Å². The van der Waals surface area contributed by atoms with Gasteiger partial charge in [0.05, 0.1) is 25.6 Å². The van der Waals surface area contributed by atoms with Gasteiger partial charge in [-0.3, -0.25) is 4.99 Å². The van der Waals surface area contributed by atoms with Crippen molar-refractivity contribution in [3.63, 3.8) is 0 Å². The van der Waals surface area contributed by atoms with Gasteiger partial charge in [-0.05, 0) is 36.8 Å². The molecule has 6 nitrogen and oxygen atoms in total. The minimum atomic E-state index is 0. The van der Waals surface area contributed by atoms with Crippen LogP contribution in [0.25, 0.3) is 0 Å². The van der Waals surface area contributed by atoms with Crippen LogP contribution in [0.1, 0.15) is 12.2 Å². The minimum Gasteiger partial charge on any atom is -0.495 e. The van der Waals surface area contributed by atoms with Crippen LogP contribution in [0.15, 0.2) is 46.0 Å². The van der Waals surface area contributed by atoms with Gasteiger partial charge in [0.2, 0.25) is 0 Å². The van der Waals surface area contributed by atoms with Crippen LogP contribution in [0.4, 0.5) is 5.69 Å². The second-order valence-electron chi connectivity index (χ2n) is 5.90. The molecule has 0 saturated carbocycles. The number of methoxy groups -OCH3 is 1. The average Bonchev–Trinajstić information content (AvgIpc) is 3.30. The van der Waals surface area contributed by atoms with E-state index in [1.807, 2.05) is 30.3 Å². The Morgan fingerprint density at radius 1 is 1.42 bits per heavy atom. The molecule has 2 N–H and O–H groups in total. The van der Waals surface area contributed by atoms with E-state index < -0.39 is 0 Å². The van der Waals surface area contributed by atoms with Crippen LogP contribution in [0.5, 0.6) is 5.75 Å². The van der Waals surface area contributed by atoms with Gasteiger partial charge in [0.15, 0.2) is 5.96 Å². The summed E-state index contributed by atoms with van der Waals surface area (Å²) in [5.41, 5.74) is 1.03. The van der Waals surface area contributed by atoms with Crippen LogP contribution >= 0.6 is 35.6 Å². The van der Waals surface area contributed by atoms with Gasteiger partial charge in [-0.1, -0.05) is 11.6 Å². The molecule has 26 heavy (non-hydrogen) atoms. The summed E-state index contributed by atoms with van der Waals surface area (Å²) in [5.74, 6) is 2.48. The molecule has 142 valence electrons. The zero-order valence-corrected chi connectivity index (χ0v) is 18.0. The highest BCUT2D eigenvalue weighted by Gasteiger charge is 2.25. The molecule has 1 unspecified atom stereocenters. The fourth-order valence-electron chi connectivity index (χ4n) is 2.98. The van der Waals surface area contributed by atoms with E-state index in [1.165, 1.54) is 0 Å². The predicted molar refractivity (Wildman–Crippen MR) is 116 cm³/mol. The Morgan fingerprint density at radius 2 is 2.27 bits per heavy atom. The quantitative estimate of drug-likeness (QED) is 0.382. The Labute approximate surface area is 176 Å². The van der Waals surface area contributed by atoms with E-state index in [0.29, 0.717) is 17.6 Å². The van der Waals surface area contributed by atoms with Crippen molar-refractivity contribution in [1.82, 2.24) is 10.6 Å². The monoisotopic (exact) mass is 490 g/mol. The Morgan fingerprint density at radius 3 is 2.96 bits per heavy atom. The van der Waals surface area contributed by atoms with E-state index in [1.54, 1.807) is 20.4 Å². The van der Waals surface area contributed by atoms with Crippen molar-refractivity contribution in [3.05, 3.63) is 47.4 Å². The maximum Gasteiger partial charge on any atom is 0.191 e. The number of ether oxygens (including phenoxy) is 1. The van der Waals surface area contributed by atoms with Gasteiger partial charge >= 0.3 is 0 Å². The van der Waals surface area contributed by atoms with Gasteiger partial charge in [0.1, 0.15) is 11.5 Å². The first-order valence-electron chi connectivity index (χ1n) is 8.27. The molecule has 1 fully saturated rings. The lowest BCUT2D eigenvalue weighted by molar-refractivity contribution is 0.415. The summed E-state index contributed by atoms with van der Waals surface area (Å²) >= 11 is 6.15. The lowest BCUT2D eigenvalue weighted by Crippen LogP contribution is -2.44. The molecule has 1 aromatic carbocycles. The highest BCUT2D eigenvalue weighted by molar-refractivity contribution is 14.0. The van der Waals surface area contributed by atoms with Crippen molar-refractivity contribution in [1.29, 1.82) is 0 Å². The van der Waals surface area contributed by atoms with Crippen molar-refractivity contribution >= 4 is 47.2 Å². The highest BCUT2D eigenvalue weighted by atomic mass is 127. The second kappa shape index (κ2) is 9.91. The number of benzene rings is 1. The third kappa shape index (κ3) is 5.20. The third-order valence-corrected chi connectivity index (χ3v) is 4.48. The van der Waals surface area contributed by atoms with E-state index in [0.717, 1.165) is 42.7 Å². The van der Waals surface area contributed by atoms with Crippen LogP contribution in [-0.2, 0) is 6.54 Å². The molecule has 8 heteroatoms.